The van der Waals surface area contributed by atoms with Crippen LogP contribution in [0.4, 0.5) is 0 Å². The van der Waals surface area contributed by atoms with Crippen LogP contribution in [0.1, 0.15) is 41.3 Å². The second-order valence-electron chi connectivity index (χ2n) is 4.36. The van der Waals surface area contributed by atoms with Crippen molar-refractivity contribution in [1.29, 1.82) is 0 Å². The van der Waals surface area contributed by atoms with Gasteiger partial charge in [0.2, 0.25) is 0 Å². The summed E-state index contributed by atoms with van der Waals surface area (Å²) in [5, 5.41) is 10.1. The molecular formula is C14H16O4. The molecule has 0 amide bonds. The van der Waals surface area contributed by atoms with Crippen molar-refractivity contribution in [3.63, 3.8) is 0 Å². The molecule has 0 bridgehead atoms. The van der Waals surface area contributed by atoms with E-state index in [0.717, 1.165) is 36.8 Å². The molecule has 0 atom stereocenters. The lowest BCUT2D eigenvalue weighted by Gasteiger charge is -2.18. The van der Waals surface area contributed by atoms with Gasteiger partial charge >= 0.3 is 5.97 Å². The molecule has 1 N–H and O–H groups in total. The van der Waals surface area contributed by atoms with Crippen molar-refractivity contribution in [3.8, 4) is 5.75 Å². The predicted molar refractivity (Wildman–Crippen MR) is 65.7 cm³/mol. The van der Waals surface area contributed by atoms with Gasteiger partial charge in [-0.1, -0.05) is 6.07 Å². The van der Waals surface area contributed by atoms with Gasteiger partial charge in [-0.25, -0.2) is 4.79 Å². The molecule has 0 unspecified atom stereocenters. The number of aromatic hydroxyl groups is 1. The highest BCUT2D eigenvalue weighted by Crippen LogP contribution is 2.32. The molecule has 2 rings (SSSR count). The molecule has 96 valence electrons. The highest BCUT2D eigenvalue weighted by molar-refractivity contribution is 6.41. The number of aryl methyl sites for hydroxylation is 1. The van der Waals surface area contributed by atoms with E-state index in [1.807, 2.05) is 6.07 Å². The Balaban J connectivity index is 2.35. The number of ketones is 1. The van der Waals surface area contributed by atoms with Crippen molar-refractivity contribution < 1.29 is 19.4 Å². The Morgan fingerprint density at radius 2 is 2.00 bits per heavy atom. The Kier molecular flexibility index (Phi) is 3.65. The van der Waals surface area contributed by atoms with Crippen LogP contribution in [-0.2, 0) is 22.4 Å². The minimum absolute atomic E-state index is 0.0501. The third-order valence-corrected chi connectivity index (χ3v) is 3.21. The number of ether oxygens (including phenoxy) is 1. The normalized spacial score (nSPS) is 13.8. The monoisotopic (exact) mass is 248 g/mol. The SMILES string of the molecule is CCOC(=O)C(=O)c1ccc2c(c1O)CCCC2. The topological polar surface area (TPSA) is 63.6 Å². The summed E-state index contributed by atoms with van der Waals surface area (Å²) in [5.74, 6) is -1.74. The van der Waals surface area contributed by atoms with E-state index in [2.05, 4.69) is 4.74 Å². The quantitative estimate of drug-likeness (QED) is 0.505. The van der Waals surface area contributed by atoms with Crippen molar-refractivity contribution in [1.82, 2.24) is 0 Å². The number of Topliss-reactive ketones (excluding diaryl/α,β-unsaturated/α-hetero) is 1. The van der Waals surface area contributed by atoms with Crippen molar-refractivity contribution >= 4 is 11.8 Å². The van der Waals surface area contributed by atoms with Crippen LogP contribution < -0.4 is 0 Å². The van der Waals surface area contributed by atoms with Crippen LogP contribution in [-0.4, -0.2) is 23.5 Å². The molecule has 0 saturated carbocycles. The van der Waals surface area contributed by atoms with Gasteiger partial charge in [-0.3, -0.25) is 4.79 Å². The first-order valence-electron chi connectivity index (χ1n) is 6.20. The molecule has 18 heavy (non-hydrogen) atoms. The van der Waals surface area contributed by atoms with E-state index in [4.69, 9.17) is 0 Å². The molecule has 0 fully saturated rings. The predicted octanol–water partition coefficient (Wildman–Crippen LogP) is 2.02. The summed E-state index contributed by atoms with van der Waals surface area (Å²) in [4.78, 5) is 23.2. The summed E-state index contributed by atoms with van der Waals surface area (Å²) >= 11 is 0. The average molecular weight is 248 g/mol. The summed E-state index contributed by atoms with van der Waals surface area (Å²) in [6.07, 6.45) is 3.76. The lowest BCUT2D eigenvalue weighted by molar-refractivity contribution is -0.137. The molecule has 4 nitrogen and oxygen atoms in total. The summed E-state index contributed by atoms with van der Waals surface area (Å²) in [6, 6.07) is 3.33. The summed E-state index contributed by atoms with van der Waals surface area (Å²) in [7, 11) is 0. The molecular weight excluding hydrogens is 232 g/mol. The zero-order chi connectivity index (χ0) is 13.1. The zero-order valence-electron chi connectivity index (χ0n) is 10.4. The van der Waals surface area contributed by atoms with Crippen LogP contribution in [0.25, 0.3) is 0 Å². The fourth-order valence-corrected chi connectivity index (χ4v) is 2.30. The molecule has 4 heteroatoms. The van der Waals surface area contributed by atoms with Gasteiger partial charge in [0.1, 0.15) is 5.75 Å². The largest absolute Gasteiger partial charge is 0.507 e. The Morgan fingerprint density at radius 3 is 2.72 bits per heavy atom. The maximum Gasteiger partial charge on any atom is 0.379 e. The Labute approximate surface area is 106 Å². The maximum atomic E-state index is 11.8. The first-order valence-corrected chi connectivity index (χ1v) is 6.20. The summed E-state index contributed by atoms with van der Waals surface area (Å²) < 4.78 is 4.66. The Bertz CT molecular complexity index is 491. The van der Waals surface area contributed by atoms with Crippen LogP contribution in [0, 0.1) is 0 Å². The second-order valence-corrected chi connectivity index (χ2v) is 4.36. The Hall–Kier alpha value is -1.84. The molecule has 0 saturated heterocycles. The molecule has 0 radical (unpaired) electrons. The minimum Gasteiger partial charge on any atom is -0.507 e. The molecule has 0 aromatic heterocycles. The van der Waals surface area contributed by atoms with Crippen LogP contribution >= 0.6 is 0 Å². The van der Waals surface area contributed by atoms with Gasteiger partial charge < -0.3 is 9.84 Å². The van der Waals surface area contributed by atoms with Gasteiger partial charge in [0.25, 0.3) is 5.78 Å². The van der Waals surface area contributed by atoms with E-state index in [9.17, 15) is 14.7 Å². The van der Waals surface area contributed by atoms with Gasteiger partial charge in [0, 0.05) is 0 Å². The lowest BCUT2D eigenvalue weighted by atomic mass is 9.88. The van der Waals surface area contributed by atoms with Crippen LogP contribution in [0.5, 0.6) is 5.75 Å². The van der Waals surface area contributed by atoms with E-state index in [-0.39, 0.29) is 17.9 Å². The number of rotatable bonds is 3. The molecule has 1 aromatic carbocycles. The molecule has 1 aliphatic rings. The number of benzene rings is 1. The van der Waals surface area contributed by atoms with Crippen LogP contribution in [0.3, 0.4) is 0 Å². The first-order chi connectivity index (χ1) is 8.65. The van der Waals surface area contributed by atoms with E-state index in [1.165, 1.54) is 6.07 Å². The first kappa shape index (κ1) is 12.6. The number of esters is 1. The highest BCUT2D eigenvalue weighted by atomic mass is 16.5. The smallest absolute Gasteiger partial charge is 0.379 e. The van der Waals surface area contributed by atoms with Gasteiger partial charge in [0.05, 0.1) is 12.2 Å². The van der Waals surface area contributed by atoms with Crippen molar-refractivity contribution in [2.24, 2.45) is 0 Å². The van der Waals surface area contributed by atoms with E-state index < -0.39 is 11.8 Å². The lowest BCUT2D eigenvalue weighted by Crippen LogP contribution is -2.18. The maximum absolute atomic E-state index is 11.8. The molecule has 0 aliphatic heterocycles. The van der Waals surface area contributed by atoms with E-state index in [1.54, 1.807) is 6.92 Å². The summed E-state index contributed by atoms with van der Waals surface area (Å²) in [5.41, 5.74) is 1.92. The number of phenolic OH excluding ortho intramolecular Hbond substituents is 1. The standard InChI is InChI=1S/C14H16O4/c1-2-18-14(17)13(16)11-8-7-9-5-3-4-6-10(9)12(11)15/h7-8,15H,2-6H2,1H3. The van der Waals surface area contributed by atoms with Gasteiger partial charge in [0.15, 0.2) is 0 Å². The fraction of sp³-hybridized carbons (Fsp3) is 0.429. The minimum atomic E-state index is -0.913. The zero-order valence-corrected chi connectivity index (χ0v) is 10.4. The highest BCUT2D eigenvalue weighted by Gasteiger charge is 2.24. The summed E-state index contributed by atoms with van der Waals surface area (Å²) in [6.45, 7) is 1.79. The number of hydrogen-bond donors (Lipinski definition) is 1. The van der Waals surface area contributed by atoms with Crippen molar-refractivity contribution in [2.45, 2.75) is 32.6 Å². The second kappa shape index (κ2) is 5.21. The van der Waals surface area contributed by atoms with E-state index >= 15 is 0 Å². The number of carbonyl (C=O) groups excluding carboxylic acids is 2. The van der Waals surface area contributed by atoms with Gasteiger partial charge in [-0.15, -0.1) is 0 Å². The molecule has 0 heterocycles. The Morgan fingerprint density at radius 1 is 1.28 bits per heavy atom. The van der Waals surface area contributed by atoms with E-state index in [0.29, 0.717) is 0 Å². The average Bonchev–Trinajstić information content (AvgIpc) is 2.39. The third kappa shape index (κ3) is 2.23. The van der Waals surface area contributed by atoms with Crippen LogP contribution in [0.2, 0.25) is 0 Å². The van der Waals surface area contributed by atoms with Crippen LogP contribution in [0.15, 0.2) is 12.1 Å². The van der Waals surface area contributed by atoms with Crippen molar-refractivity contribution in [2.75, 3.05) is 6.61 Å². The molecule has 0 spiro atoms. The number of fused-ring (bicyclic) bond motifs is 1. The van der Waals surface area contributed by atoms with Gasteiger partial charge in [-0.2, -0.15) is 0 Å². The third-order valence-electron chi connectivity index (χ3n) is 3.21. The number of carbonyl (C=O) groups is 2. The molecule has 1 aromatic rings. The van der Waals surface area contributed by atoms with Gasteiger partial charge in [-0.05, 0) is 49.8 Å². The van der Waals surface area contributed by atoms with Crippen molar-refractivity contribution in [3.05, 3.63) is 28.8 Å². The fourth-order valence-electron chi connectivity index (χ4n) is 2.30. The number of hydrogen-bond acceptors (Lipinski definition) is 4. The molecule has 1 aliphatic carbocycles. The number of phenols is 1.